The van der Waals surface area contributed by atoms with E-state index in [2.05, 4.69) is 5.32 Å². The number of nitro benzene ring substituents is 1. The topological polar surface area (TPSA) is 119 Å². The van der Waals surface area contributed by atoms with Gasteiger partial charge in [-0.1, -0.05) is 30.3 Å². The predicted molar refractivity (Wildman–Crippen MR) is 129 cm³/mol. The van der Waals surface area contributed by atoms with E-state index < -0.39 is 22.8 Å². The summed E-state index contributed by atoms with van der Waals surface area (Å²) in [5.41, 5.74) is 3.15. The summed E-state index contributed by atoms with van der Waals surface area (Å²) in [4.78, 5) is 49.3. The first-order valence-corrected chi connectivity index (χ1v) is 10.7. The summed E-state index contributed by atoms with van der Waals surface area (Å²) in [6.07, 6.45) is 1.41. The molecule has 9 heteroatoms. The fraction of sp³-hybridized carbons (Fsp3) is 0.115. The minimum absolute atomic E-state index is 0.0168. The van der Waals surface area contributed by atoms with Crippen molar-refractivity contribution in [1.29, 1.82) is 0 Å². The molecule has 4 amide bonds. The molecule has 0 aromatic heterocycles. The molecule has 1 fully saturated rings. The van der Waals surface area contributed by atoms with Gasteiger partial charge in [0.2, 0.25) is 0 Å². The van der Waals surface area contributed by atoms with Crippen molar-refractivity contribution < 1.29 is 24.0 Å². The number of imide groups is 2. The number of hydrogen-bond donors (Lipinski definition) is 1. The first-order chi connectivity index (χ1) is 16.7. The number of aryl methyl sites for hydroxylation is 2. The Balaban J connectivity index is 1.51. The molecule has 0 saturated carbocycles. The maximum absolute atomic E-state index is 13.1. The average molecular weight is 471 g/mol. The van der Waals surface area contributed by atoms with Gasteiger partial charge in [0.25, 0.3) is 17.5 Å². The van der Waals surface area contributed by atoms with E-state index in [4.69, 9.17) is 4.74 Å². The Morgan fingerprint density at radius 2 is 1.66 bits per heavy atom. The summed E-state index contributed by atoms with van der Waals surface area (Å²) in [6.45, 7) is 3.84. The summed E-state index contributed by atoms with van der Waals surface area (Å²) < 4.78 is 5.68. The van der Waals surface area contributed by atoms with Gasteiger partial charge in [-0.05, 0) is 66.4 Å². The van der Waals surface area contributed by atoms with Gasteiger partial charge in [-0.25, -0.2) is 9.69 Å². The van der Waals surface area contributed by atoms with Crippen molar-refractivity contribution in [2.24, 2.45) is 0 Å². The number of nitro groups is 1. The zero-order valence-corrected chi connectivity index (χ0v) is 19.0. The summed E-state index contributed by atoms with van der Waals surface area (Å²) in [6, 6.07) is 17.3. The third kappa shape index (κ3) is 5.25. The van der Waals surface area contributed by atoms with Crippen molar-refractivity contribution in [3.8, 4) is 5.75 Å². The van der Waals surface area contributed by atoms with Crippen LogP contribution in [0.4, 0.5) is 16.2 Å². The number of hydrogen-bond acceptors (Lipinski definition) is 6. The molecule has 0 spiro atoms. The fourth-order valence-corrected chi connectivity index (χ4v) is 3.73. The maximum Gasteiger partial charge on any atom is 0.335 e. The summed E-state index contributed by atoms with van der Waals surface area (Å²) in [5, 5.41) is 13.1. The summed E-state index contributed by atoms with van der Waals surface area (Å²) in [7, 11) is 0. The molecule has 1 saturated heterocycles. The van der Waals surface area contributed by atoms with Crippen molar-refractivity contribution in [1.82, 2.24) is 5.32 Å². The number of barbiturate groups is 1. The van der Waals surface area contributed by atoms with Gasteiger partial charge < -0.3 is 4.74 Å². The Morgan fingerprint density at radius 1 is 0.971 bits per heavy atom. The van der Waals surface area contributed by atoms with Crippen molar-refractivity contribution in [2.45, 2.75) is 20.5 Å². The van der Waals surface area contributed by atoms with Crippen LogP contribution in [0, 0.1) is 24.0 Å². The highest BCUT2D eigenvalue weighted by Crippen LogP contribution is 2.25. The molecule has 9 nitrogen and oxygen atoms in total. The van der Waals surface area contributed by atoms with E-state index in [1.807, 2.05) is 19.9 Å². The fourth-order valence-electron chi connectivity index (χ4n) is 3.73. The van der Waals surface area contributed by atoms with Crippen molar-refractivity contribution in [3.05, 3.63) is 105 Å². The lowest BCUT2D eigenvalue weighted by molar-refractivity contribution is -0.384. The molecular formula is C26H21N3O6. The van der Waals surface area contributed by atoms with Gasteiger partial charge in [-0.3, -0.25) is 25.0 Å². The molecule has 0 atom stereocenters. The van der Waals surface area contributed by atoms with Crippen LogP contribution >= 0.6 is 0 Å². The van der Waals surface area contributed by atoms with Crippen LogP contribution in [0.5, 0.6) is 5.75 Å². The first kappa shape index (κ1) is 23.4. The molecule has 1 aliphatic heterocycles. The molecule has 176 valence electrons. The van der Waals surface area contributed by atoms with Crippen molar-refractivity contribution in [2.75, 3.05) is 4.90 Å². The van der Waals surface area contributed by atoms with E-state index in [9.17, 15) is 24.5 Å². The van der Waals surface area contributed by atoms with Crippen LogP contribution in [0.15, 0.2) is 72.3 Å². The van der Waals surface area contributed by atoms with Gasteiger partial charge in [0.1, 0.15) is 17.9 Å². The number of carbonyl (C=O) groups excluding carboxylic acids is 3. The minimum atomic E-state index is -0.799. The Bertz CT molecular complexity index is 1360. The Kier molecular flexibility index (Phi) is 6.41. The van der Waals surface area contributed by atoms with Gasteiger partial charge in [0.05, 0.1) is 10.6 Å². The number of non-ortho nitro benzene ring substituents is 1. The Hall–Kier alpha value is -4.79. The van der Waals surface area contributed by atoms with Crippen LogP contribution in [-0.4, -0.2) is 22.8 Å². The number of rotatable bonds is 6. The molecule has 4 rings (SSSR count). The van der Waals surface area contributed by atoms with Gasteiger partial charge in [-0.2, -0.15) is 0 Å². The monoisotopic (exact) mass is 471 g/mol. The quantitative estimate of drug-likeness (QED) is 0.245. The highest BCUT2D eigenvalue weighted by molar-refractivity contribution is 6.39. The van der Waals surface area contributed by atoms with Crippen LogP contribution in [0.25, 0.3) is 6.08 Å². The molecular weight excluding hydrogens is 450 g/mol. The third-order valence-electron chi connectivity index (χ3n) is 5.28. The van der Waals surface area contributed by atoms with E-state index in [1.54, 1.807) is 48.5 Å². The number of carbonyl (C=O) groups is 3. The van der Waals surface area contributed by atoms with Gasteiger partial charge in [0, 0.05) is 12.1 Å². The molecule has 0 bridgehead atoms. The van der Waals surface area contributed by atoms with E-state index in [-0.39, 0.29) is 17.9 Å². The van der Waals surface area contributed by atoms with Crippen LogP contribution in [-0.2, 0) is 16.2 Å². The van der Waals surface area contributed by atoms with Gasteiger partial charge in [-0.15, -0.1) is 0 Å². The average Bonchev–Trinajstić information content (AvgIpc) is 2.80. The number of nitrogens with one attached hydrogen (secondary N) is 1. The molecule has 0 unspecified atom stereocenters. The molecule has 0 radical (unpaired) electrons. The third-order valence-corrected chi connectivity index (χ3v) is 5.28. The summed E-state index contributed by atoms with van der Waals surface area (Å²) in [5.74, 6) is -0.980. The zero-order valence-electron chi connectivity index (χ0n) is 19.0. The number of ether oxygens (including phenoxy) is 1. The van der Waals surface area contributed by atoms with E-state index in [0.717, 1.165) is 16.0 Å². The van der Waals surface area contributed by atoms with Crippen LogP contribution in [0.3, 0.4) is 0 Å². The number of amides is 4. The molecule has 1 N–H and O–H groups in total. The minimum Gasteiger partial charge on any atom is -0.489 e. The lowest BCUT2D eigenvalue weighted by Crippen LogP contribution is -2.54. The predicted octanol–water partition coefficient (Wildman–Crippen LogP) is 4.46. The lowest BCUT2D eigenvalue weighted by Gasteiger charge is -2.27. The van der Waals surface area contributed by atoms with Crippen LogP contribution < -0.4 is 15.0 Å². The smallest absolute Gasteiger partial charge is 0.335 e. The van der Waals surface area contributed by atoms with E-state index in [0.29, 0.717) is 22.6 Å². The summed E-state index contributed by atoms with van der Waals surface area (Å²) >= 11 is 0. The molecule has 35 heavy (non-hydrogen) atoms. The molecule has 1 heterocycles. The number of anilines is 1. The highest BCUT2D eigenvalue weighted by atomic mass is 16.6. The van der Waals surface area contributed by atoms with Gasteiger partial charge in [0.15, 0.2) is 0 Å². The first-order valence-electron chi connectivity index (χ1n) is 10.7. The normalized spacial score (nSPS) is 14.7. The van der Waals surface area contributed by atoms with Crippen LogP contribution in [0.2, 0.25) is 0 Å². The number of benzene rings is 3. The second kappa shape index (κ2) is 9.60. The Morgan fingerprint density at radius 3 is 2.31 bits per heavy atom. The number of urea groups is 1. The second-order valence-corrected chi connectivity index (χ2v) is 8.09. The van der Waals surface area contributed by atoms with Crippen LogP contribution in [0.1, 0.15) is 22.3 Å². The molecule has 3 aromatic rings. The second-order valence-electron chi connectivity index (χ2n) is 8.09. The van der Waals surface area contributed by atoms with E-state index >= 15 is 0 Å². The molecule has 1 aliphatic rings. The number of nitrogens with zero attached hydrogens (tertiary/aromatic N) is 2. The van der Waals surface area contributed by atoms with E-state index in [1.165, 1.54) is 18.2 Å². The molecule has 0 aliphatic carbocycles. The van der Waals surface area contributed by atoms with Crippen molar-refractivity contribution >= 4 is 35.3 Å². The highest BCUT2D eigenvalue weighted by Gasteiger charge is 2.36. The largest absolute Gasteiger partial charge is 0.489 e. The Labute approximate surface area is 200 Å². The lowest BCUT2D eigenvalue weighted by atomic mass is 10.1. The standard InChI is InChI=1S/C26H21N3O6/c1-16-10-17(2)12-21(11-16)28-25(31)23(24(30)27-26(28)32)14-18-6-8-22(9-7-18)35-15-19-4-3-5-20(13-19)29(33)34/h3-14H,15H2,1-2H3,(H,27,30,32)/b23-14+. The van der Waals surface area contributed by atoms with Gasteiger partial charge >= 0.3 is 6.03 Å². The maximum atomic E-state index is 13.1. The zero-order chi connectivity index (χ0) is 25.1. The SMILES string of the molecule is Cc1cc(C)cc(N2C(=O)NC(=O)/C(=C\c3ccc(OCc4cccc([N+](=O)[O-])c4)cc3)C2=O)c1. The molecule has 3 aromatic carbocycles. The van der Waals surface area contributed by atoms with Crippen molar-refractivity contribution in [3.63, 3.8) is 0 Å².